The molecule has 0 aromatic heterocycles. The highest BCUT2D eigenvalue weighted by Crippen LogP contribution is 2.38. The first-order valence-corrected chi connectivity index (χ1v) is 19.0. The fourth-order valence-electron chi connectivity index (χ4n) is 5.63. The lowest BCUT2D eigenvalue weighted by molar-refractivity contribution is -0.124. The van der Waals surface area contributed by atoms with Gasteiger partial charge in [-0.2, -0.15) is 0 Å². The summed E-state index contributed by atoms with van der Waals surface area (Å²) in [4.78, 5) is 0. The first kappa shape index (κ1) is 37.3. The van der Waals surface area contributed by atoms with Crippen molar-refractivity contribution in [3.05, 3.63) is 35.9 Å². The minimum absolute atomic E-state index is 0.341. The molecule has 0 aliphatic heterocycles. The Morgan fingerprint density at radius 2 is 0.925 bits per heavy atom. The van der Waals surface area contributed by atoms with Gasteiger partial charge in [-0.3, -0.25) is 0 Å². The van der Waals surface area contributed by atoms with E-state index in [1.54, 1.807) is 14.2 Å². The van der Waals surface area contributed by atoms with Crippen molar-refractivity contribution in [1.29, 1.82) is 0 Å². The second-order valence-electron chi connectivity index (χ2n) is 11.9. The predicted molar refractivity (Wildman–Crippen MR) is 172 cm³/mol. The second-order valence-corrected chi connectivity index (χ2v) is 14.7. The fourth-order valence-corrected chi connectivity index (χ4v) is 7.87. The van der Waals surface area contributed by atoms with Gasteiger partial charge in [0.15, 0.2) is 0 Å². The quantitative estimate of drug-likeness (QED) is 0.0696. The first-order valence-electron chi connectivity index (χ1n) is 17.1. The van der Waals surface area contributed by atoms with Gasteiger partial charge in [-0.05, 0) is 12.8 Å². The summed E-state index contributed by atoms with van der Waals surface area (Å²) in [5, 5.41) is 0. The van der Waals surface area contributed by atoms with Crippen molar-refractivity contribution in [2.45, 2.75) is 173 Å². The largest absolute Gasteiger partial charge is 0.503 e. The van der Waals surface area contributed by atoms with Crippen LogP contribution in [0.5, 0.6) is 0 Å². The number of unbranched alkanes of at least 4 members (excludes halogenated alkanes) is 20. The van der Waals surface area contributed by atoms with Gasteiger partial charge in [-0.1, -0.05) is 173 Å². The SMILES string of the molecule is CCCCCCCCCCCCCCCCC(F)(O[Si](CCCCCCCCCC)(OC)OC)c1ccccc1. The van der Waals surface area contributed by atoms with Gasteiger partial charge in [0.25, 0.3) is 0 Å². The van der Waals surface area contributed by atoms with Gasteiger partial charge in [-0.25, -0.2) is 4.39 Å². The van der Waals surface area contributed by atoms with E-state index in [0.29, 0.717) is 18.0 Å². The summed E-state index contributed by atoms with van der Waals surface area (Å²) >= 11 is 0. The topological polar surface area (TPSA) is 27.7 Å². The van der Waals surface area contributed by atoms with Gasteiger partial charge in [-0.15, -0.1) is 0 Å². The minimum Gasteiger partial charge on any atom is -0.377 e. The van der Waals surface area contributed by atoms with Gasteiger partial charge in [0.2, 0.25) is 5.85 Å². The average Bonchev–Trinajstić information content (AvgIpc) is 2.98. The zero-order valence-electron chi connectivity index (χ0n) is 27.0. The Labute approximate surface area is 249 Å². The molecule has 0 saturated carbocycles. The van der Waals surface area contributed by atoms with E-state index < -0.39 is 14.7 Å². The highest BCUT2D eigenvalue weighted by Gasteiger charge is 2.48. The van der Waals surface area contributed by atoms with Crippen LogP contribution in [0.4, 0.5) is 4.39 Å². The number of benzene rings is 1. The Morgan fingerprint density at radius 3 is 1.32 bits per heavy atom. The molecule has 0 aliphatic carbocycles. The Balaban J connectivity index is 2.43. The van der Waals surface area contributed by atoms with Gasteiger partial charge < -0.3 is 13.3 Å². The molecule has 0 radical (unpaired) electrons. The van der Waals surface area contributed by atoms with Gasteiger partial charge in [0.1, 0.15) is 0 Å². The number of hydrogen-bond donors (Lipinski definition) is 0. The molecule has 3 nitrogen and oxygen atoms in total. The molecule has 0 saturated heterocycles. The molecule has 1 aromatic carbocycles. The van der Waals surface area contributed by atoms with Gasteiger partial charge >= 0.3 is 8.80 Å². The van der Waals surface area contributed by atoms with Gasteiger partial charge in [0, 0.05) is 32.2 Å². The number of rotatable bonds is 29. The zero-order chi connectivity index (χ0) is 29.2. The predicted octanol–water partition coefficient (Wildman–Crippen LogP) is 12.1. The number of halogens is 1. The summed E-state index contributed by atoms with van der Waals surface area (Å²) in [6.07, 6.45) is 28.1. The summed E-state index contributed by atoms with van der Waals surface area (Å²) in [6.45, 7) is 4.53. The van der Waals surface area contributed by atoms with Crippen LogP contribution in [0, 0.1) is 0 Å². The van der Waals surface area contributed by atoms with E-state index in [1.807, 2.05) is 30.3 Å². The molecule has 1 atom stereocenters. The Morgan fingerprint density at radius 1 is 0.550 bits per heavy atom. The zero-order valence-corrected chi connectivity index (χ0v) is 28.0. The van der Waals surface area contributed by atoms with Crippen LogP contribution in [-0.4, -0.2) is 23.0 Å². The first-order chi connectivity index (χ1) is 19.6. The molecule has 0 N–H and O–H groups in total. The maximum atomic E-state index is 16.6. The van der Waals surface area contributed by atoms with Crippen molar-refractivity contribution in [2.24, 2.45) is 0 Å². The van der Waals surface area contributed by atoms with Gasteiger partial charge in [0.05, 0.1) is 0 Å². The highest BCUT2D eigenvalue weighted by molar-refractivity contribution is 6.60. The Bertz CT molecular complexity index is 670. The molecule has 0 heterocycles. The Kier molecular flexibility index (Phi) is 23.1. The van der Waals surface area contributed by atoms with E-state index in [2.05, 4.69) is 13.8 Å². The van der Waals surface area contributed by atoms with Crippen LogP contribution >= 0.6 is 0 Å². The maximum Gasteiger partial charge on any atom is 0.503 e. The molecule has 1 rings (SSSR count). The summed E-state index contributed by atoms with van der Waals surface area (Å²) in [5.74, 6) is -1.88. The lowest BCUT2D eigenvalue weighted by Crippen LogP contribution is -2.49. The summed E-state index contributed by atoms with van der Waals surface area (Å²) in [7, 11) is 0.122. The maximum absolute atomic E-state index is 16.6. The van der Waals surface area contributed by atoms with Crippen molar-refractivity contribution in [3.63, 3.8) is 0 Å². The standard InChI is InChI=1S/C35H65FO3Si/c1-5-7-9-11-13-15-16-17-18-19-20-21-23-28-32-35(36,34-30-26-25-27-31-34)39-40(37-3,38-4)33-29-24-22-14-12-10-8-6-2/h25-27,30-31H,5-24,28-29,32-33H2,1-4H3. The molecule has 234 valence electrons. The van der Waals surface area contributed by atoms with E-state index in [-0.39, 0.29) is 0 Å². The van der Waals surface area contributed by atoms with Crippen molar-refractivity contribution in [2.75, 3.05) is 14.2 Å². The van der Waals surface area contributed by atoms with Crippen molar-refractivity contribution >= 4 is 8.80 Å². The van der Waals surface area contributed by atoms with Crippen LogP contribution in [-0.2, 0) is 19.1 Å². The highest BCUT2D eigenvalue weighted by atomic mass is 28.4. The summed E-state index contributed by atoms with van der Waals surface area (Å²) in [5.41, 5.74) is 0.576. The average molecular weight is 581 g/mol. The van der Waals surface area contributed by atoms with Crippen molar-refractivity contribution in [1.82, 2.24) is 0 Å². The molecule has 1 unspecified atom stereocenters. The van der Waals surface area contributed by atoms with Crippen LogP contribution in [0.1, 0.15) is 167 Å². The molecule has 1 aromatic rings. The molecular weight excluding hydrogens is 515 g/mol. The molecule has 0 spiro atoms. The van der Waals surface area contributed by atoms with E-state index in [0.717, 1.165) is 32.1 Å². The third-order valence-corrected chi connectivity index (χ3v) is 11.2. The van der Waals surface area contributed by atoms with Crippen LogP contribution in [0.25, 0.3) is 0 Å². The summed E-state index contributed by atoms with van der Waals surface area (Å²) in [6, 6.07) is 10.0. The minimum atomic E-state index is -3.12. The lowest BCUT2D eigenvalue weighted by Gasteiger charge is -2.35. The molecule has 40 heavy (non-hydrogen) atoms. The third kappa shape index (κ3) is 17.3. The smallest absolute Gasteiger partial charge is 0.377 e. The lowest BCUT2D eigenvalue weighted by atomic mass is 9.99. The normalized spacial score (nSPS) is 13.5. The van der Waals surface area contributed by atoms with E-state index in [1.165, 1.54) is 109 Å². The molecule has 5 heteroatoms. The molecular formula is C35H65FO3Si. The van der Waals surface area contributed by atoms with E-state index in [4.69, 9.17) is 13.3 Å². The van der Waals surface area contributed by atoms with E-state index in [9.17, 15) is 0 Å². The fraction of sp³-hybridized carbons (Fsp3) is 0.829. The summed E-state index contributed by atoms with van der Waals surface area (Å²) < 4.78 is 34.6. The van der Waals surface area contributed by atoms with Crippen molar-refractivity contribution < 1.29 is 17.7 Å². The molecule has 0 aliphatic rings. The van der Waals surface area contributed by atoms with Crippen LogP contribution in [0.2, 0.25) is 6.04 Å². The van der Waals surface area contributed by atoms with Crippen LogP contribution < -0.4 is 0 Å². The second kappa shape index (κ2) is 24.8. The third-order valence-electron chi connectivity index (χ3n) is 8.33. The molecule has 0 fully saturated rings. The van der Waals surface area contributed by atoms with E-state index >= 15 is 4.39 Å². The molecule has 0 bridgehead atoms. The van der Waals surface area contributed by atoms with Crippen molar-refractivity contribution in [3.8, 4) is 0 Å². The number of hydrogen-bond acceptors (Lipinski definition) is 3. The monoisotopic (exact) mass is 580 g/mol. The van der Waals surface area contributed by atoms with Crippen LogP contribution in [0.15, 0.2) is 30.3 Å². The number of alkyl halides is 1. The van der Waals surface area contributed by atoms with Crippen LogP contribution in [0.3, 0.4) is 0 Å². The molecule has 0 amide bonds. The Hall–Kier alpha value is -0.753.